The number of H-pyrrole nitrogens is 1. The van der Waals surface area contributed by atoms with Crippen LogP contribution < -0.4 is 0 Å². The minimum absolute atomic E-state index is 0.151. The second-order valence-corrected chi connectivity index (χ2v) is 5.39. The first-order chi connectivity index (χ1) is 8.74. The van der Waals surface area contributed by atoms with E-state index in [-0.39, 0.29) is 5.82 Å². The smallest absolute Gasteiger partial charge is 0.128 e. The van der Waals surface area contributed by atoms with Crippen LogP contribution in [0.5, 0.6) is 0 Å². The molecule has 0 radical (unpaired) electrons. The Morgan fingerprint density at radius 3 is 3.17 bits per heavy atom. The highest BCUT2D eigenvalue weighted by atomic mass is 79.9. The van der Waals surface area contributed by atoms with Crippen LogP contribution in [0.3, 0.4) is 0 Å². The first-order valence-electron chi connectivity index (χ1n) is 5.90. The third-order valence-corrected chi connectivity index (χ3v) is 4.07. The average Bonchev–Trinajstić information content (AvgIpc) is 2.81. The molecule has 0 aliphatic carbocycles. The number of hydrogen-bond donors (Lipinski definition) is 1. The summed E-state index contributed by atoms with van der Waals surface area (Å²) < 4.78 is 14.6. The Hall–Kier alpha value is -1.20. The lowest BCUT2D eigenvalue weighted by atomic mass is 10.1. The van der Waals surface area contributed by atoms with Crippen LogP contribution in [-0.2, 0) is 19.5 Å². The maximum Gasteiger partial charge on any atom is 0.128 e. The summed E-state index contributed by atoms with van der Waals surface area (Å²) in [5, 5.41) is 7.05. The summed E-state index contributed by atoms with van der Waals surface area (Å²) in [5.74, 6) is -0.151. The maximum absolute atomic E-state index is 13.8. The quantitative estimate of drug-likeness (QED) is 0.925. The predicted octanol–water partition coefficient (Wildman–Crippen LogP) is 2.87. The van der Waals surface area contributed by atoms with Crippen LogP contribution in [0, 0.1) is 5.82 Å². The average molecular weight is 310 g/mol. The lowest BCUT2D eigenvalue weighted by Crippen LogP contribution is -2.30. The van der Waals surface area contributed by atoms with E-state index < -0.39 is 0 Å². The summed E-state index contributed by atoms with van der Waals surface area (Å²) >= 11 is 3.41. The topological polar surface area (TPSA) is 31.9 Å². The molecular formula is C13H13BrFN3. The monoisotopic (exact) mass is 309 g/mol. The molecule has 1 aliphatic rings. The molecule has 94 valence electrons. The van der Waals surface area contributed by atoms with Gasteiger partial charge in [-0.15, -0.1) is 0 Å². The Kier molecular flexibility index (Phi) is 3.18. The van der Waals surface area contributed by atoms with E-state index in [9.17, 15) is 4.39 Å². The Morgan fingerprint density at radius 1 is 1.44 bits per heavy atom. The third kappa shape index (κ3) is 2.20. The summed E-state index contributed by atoms with van der Waals surface area (Å²) in [6.07, 6.45) is 2.80. The molecule has 0 bridgehead atoms. The summed E-state index contributed by atoms with van der Waals surface area (Å²) in [4.78, 5) is 2.24. The van der Waals surface area contributed by atoms with E-state index in [0.717, 1.165) is 29.5 Å². The van der Waals surface area contributed by atoms with Gasteiger partial charge in [-0.2, -0.15) is 5.10 Å². The van der Waals surface area contributed by atoms with Crippen LogP contribution in [0.4, 0.5) is 4.39 Å². The molecule has 18 heavy (non-hydrogen) atoms. The SMILES string of the molecule is Fc1cccc(Br)c1CN1CCc2[nH]ncc2C1. The van der Waals surface area contributed by atoms with Crippen molar-refractivity contribution < 1.29 is 4.39 Å². The van der Waals surface area contributed by atoms with Crippen molar-refractivity contribution >= 4 is 15.9 Å². The second-order valence-electron chi connectivity index (χ2n) is 4.53. The molecule has 5 heteroatoms. The molecule has 2 aromatic rings. The third-order valence-electron chi connectivity index (χ3n) is 3.32. The molecule has 0 unspecified atom stereocenters. The maximum atomic E-state index is 13.8. The number of halogens is 2. The van der Waals surface area contributed by atoms with Crippen LogP contribution in [-0.4, -0.2) is 21.6 Å². The van der Waals surface area contributed by atoms with Gasteiger partial charge in [-0.1, -0.05) is 22.0 Å². The molecule has 2 heterocycles. The van der Waals surface area contributed by atoms with Gasteiger partial charge in [-0.05, 0) is 12.1 Å². The van der Waals surface area contributed by atoms with Gasteiger partial charge in [0.15, 0.2) is 0 Å². The molecule has 3 rings (SSSR count). The molecule has 3 nitrogen and oxygen atoms in total. The van der Waals surface area contributed by atoms with Crippen molar-refractivity contribution in [1.29, 1.82) is 0 Å². The summed E-state index contributed by atoms with van der Waals surface area (Å²) in [5.41, 5.74) is 3.15. The van der Waals surface area contributed by atoms with Crippen LogP contribution in [0.15, 0.2) is 28.9 Å². The van der Waals surface area contributed by atoms with E-state index in [4.69, 9.17) is 0 Å². The van der Waals surface area contributed by atoms with Gasteiger partial charge < -0.3 is 0 Å². The zero-order valence-electron chi connectivity index (χ0n) is 9.79. The fourth-order valence-electron chi connectivity index (χ4n) is 2.32. The Morgan fingerprint density at radius 2 is 2.33 bits per heavy atom. The van der Waals surface area contributed by atoms with Crippen molar-refractivity contribution in [1.82, 2.24) is 15.1 Å². The standard InChI is InChI=1S/C13H13BrFN3/c14-11-2-1-3-12(15)10(11)8-18-5-4-13-9(7-18)6-16-17-13/h1-3,6H,4-5,7-8H2,(H,16,17). The van der Waals surface area contributed by atoms with E-state index in [0.29, 0.717) is 6.54 Å². The highest BCUT2D eigenvalue weighted by Crippen LogP contribution is 2.24. The molecular weight excluding hydrogens is 297 g/mol. The molecule has 1 aromatic carbocycles. The van der Waals surface area contributed by atoms with Crippen molar-refractivity contribution in [2.24, 2.45) is 0 Å². The number of aromatic nitrogens is 2. The largest absolute Gasteiger partial charge is 0.294 e. The molecule has 0 fully saturated rings. The fraction of sp³-hybridized carbons (Fsp3) is 0.308. The minimum Gasteiger partial charge on any atom is -0.294 e. The van der Waals surface area contributed by atoms with Crippen molar-refractivity contribution in [3.8, 4) is 0 Å². The van der Waals surface area contributed by atoms with Crippen LogP contribution in [0.25, 0.3) is 0 Å². The Balaban J connectivity index is 1.79. The molecule has 0 spiro atoms. The molecule has 0 amide bonds. The van der Waals surface area contributed by atoms with Gasteiger partial charge in [0.05, 0.1) is 6.20 Å². The van der Waals surface area contributed by atoms with Gasteiger partial charge in [-0.25, -0.2) is 4.39 Å². The lowest BCUT2D eigenvalue weighted by Gasteiger charge is -2.26. The number of benzene rings is 1. The molecule has 1 N–H and O–H groups in total. The van der Waals surface area contributed by atoms with Gasteiger partial charge >= 0.3 is 0 Å². The number of hydrogen-bond acceptors (Lipinski definition) is 2. The van der Waals surface area contributed by atoms with Gasteiger partial charge in [0.25, 0.3) is 0 Å². The minimum atomic E-state index is -0.151. The Bertz CT molecular complexity index is 547. The first-order valence-corrected chi connectivity index (χ1v) is 6.69. The van der Waals surface area contributed by atoms with E-state index >= 15 is 0 Å². The predicted molar refractivity (Wildman–Crippen MR) is 70.5 cm³/mol. The molecule has 0 saturated carbocycles. The highest BCUT2D eigenvalue weighted by Gasteiger charge is 2.19. The summed E-state index contributed by atoms with van der Waals surface area (Å²) in [7, 11) is 0. The first kappa shape index (κ1) is 11.9. The number of nitrogens with zero attached hydrogens (tertiary/aromatic N) is 2. The second kappa shape index (κ2) is 4.82. The van der Waals surface area contributed by atoms with Crippen LogP contribution >= 0.6 is 15.9 Å². The molecule has 0 atom stereocenters. The van der Waals surface area contributed by atoms with Crippen molar-refractivity contribution in [2.45, 2.75) is 19.5 Å². The van der Waals surface area contributed by atoms with E-state index in [1.165, 1.54) is 17.3 Å². The van der Waals surface area contributed by atoms with Crippen molar-refractivity contribution in [2.75, 3.05) is 6.54 Å². The number of fused-ring (bicyclic) bond motifs is 1. The Labute approximate surface area is 113 Å². The summed E-state index contributed by atoms with van der Waals surface area (Å²) in [6, 6.07) is 5.10. The van der Waals surface area contributed by atoms with Crippen molar-refractivity contribution in [3.05, 3.63) is 51.5 Å². The van der Waals surface area contributed by atoms with E-state index in [1.807, 2.05) is 12.3 Å². The molecule has 1 aromatic heterocycles. The van der Waals surface area contributed by atoms with Crippen molar-refractivity contribution in [3.63, 3.8) is 0 Å². The lowest BCUT2D eigenvalue weighted by molar-refractivity contribution is 0.241. The van der Waals surface area contributed by atoms with E-state index in [1.54, 1.807) is 6.07 Å². The molecule has 0 saturated heterocycles. The zero-order valence-corrected chi connectivity index (χ0v) is 11.4. The highest BCUT2D eigenvalue weighted by molar-refractivity contribution is 9.10. The molecule has 1 aliphatic heterocycles. The number of rotatable bonds is 2. The van der Waals surface area contributed by atoms with E-state index in [2.05, 4.69) is 31.0 Å². The van der Waals surface area contributed by atoms with Gasteiger partial charge in [-0.3, -0.25) is 10.00 Å². The van der Waals surface area contributed by atoms with Gasteiger partial charge in [0.2, 0.25) is 0 Å². The van der Waals surface area contributed by atoms with Crippen LogP contribution in [0.2, 0.25) is 0 Å². The van der Waals surface area contributed by atoms with Gasteiger partial charge in [0.1, 0.15) is 5.82 Å². The number of aromatic amines is 1. The summed E-state index contributed by atoms with van der Waals surface area (Å²) in [6.45, 7) is 2.38. The van der Waals surface area contributed by atoms with Gasteiger partial charge in [0, 0.05) is 47.3 Å². The van der Waals surface area contributed by atoms with Crippen LogP contribution in [0.1, 0.15) is 16.8 Å². The number of nitrogens with one attached hydrogen (secondary N) is 1. The fourth-order valence-corrected chi connectivity index (χ4v) is 2.79. The normalized spacial score (nSPS) is 15.7. The zero-order chi connectivity index (χ0) is 12.5.